The number of nitrogens with zero attached hydrogens (tertiary/aromatic N) is 3. The summed E-state index contributed by atoms with van der Waals surface area (Å²) in [6, 6.07) is 8.93. The quantitative estimate of drug-likeness (QED) is 0.817. The summed E-state index contributed by atoms with van der Waals surface area (Å²) in [5.74, 6) is 0.493. The van der Waals surface area contributed by atoms with Crippen LogP contribution in [0.25, 0.3) is 0 Å². The summed E-state index contributed by atoms with van der Waals surface area (Å²) in [4.78, 5) is 11.9. The Balaban J connectivity index is 2.19. The zero-order valence-corrected chi connectivity index (χ0v) is 10.6. The van der Waals surface area contributed by atoms with E-state index in [2.05, 4.69) is 25.0 Å². The molecule has 4 nitrogen and oxygen atoms in total. The van der Waals surface area contributed by atoms with Crippen LogP contribution in [0.1, 0.15) is 32.3 Å². The number of carbonyl (C=O) groups is 1. The molecule has 4 heteroatoms. The molecule has 0 radical (unpaired) electrons. The van der Waals surface area contributed by atoms with Crippen molar-refractivity contribution in [1.29, 1.82) is 5.26 Å². The van der Waals surface area contributed by atoms with Gasteiger partial charge < -0.3 is 0 Å². The van der Waals surface area contributed by atoms with Gasteiger partial charge in [0.1, 0.15) is 0 Å². The van der Waals surface area contributed by atoms with Crippen LogP contribution >= 0.6 is 0 Å². The molecule has 92 valence electrons. The number of amides is 1. The van der Waals surface area contributed by atoms with Crippen molar-refractivity contribution >= 4 is 17.3 Å². The predicted octanol–water partition coefficient (Wildman–Crippen LogP) is 2.70. The highest BCUT2D eigenvalue weighted by molar-refractivity contribution is 6.13. The minimum Gasteiger partial charge on any atom is -0.272 e. The van der Waals surface area contributed by atoms with Gasteiger partial charge >= 0.3 is 0 Å². The molecule has 0 saturated heterocycles. The Morgan fingerprint density at radius 1 is 1.39 bits per heavy atom. The number of hydrogen-bond acceptors (Lipinski definition) is 3. The molecule has 0 atom stereocenters. The molecule has 0 aromatic heterocycles. The summed E-state index contributed by atoms with van der Waals surface area (Å²) in [5.41, 5.74) is 2.23. The maximum atomic E-state index is 11.9. The van der Waals surface area contributed by atoms with Crippen molar-refractivity contribution in [3.63, 3.8) is 0 Å². The van der Waals surface area contributed by atoms with Crippen molar-refractivity contribution in [2.24, 2.45) is 11.0 Å². The second-order valence-electron chi connectivity index (χ2n) is 4.81. The van der Waals surface area contributed by atoms with Gasteiger partial charge in [-0.15, -0.1) is 0 Å². The van der Waals surface area contributed by atoms with Gasteiger partial charge in [-0.2, -0.15) is 10.4 Å². The van der Waals surface area contributed by atoms with Crippen LogP contribution in [-0.4, -0.2) is 11.6 Å². The van der Waals surface area contributed by atoms with Gasteiger partial charge in [0.2, 0.25) is 0 Å². The maximum absolute atomic E-state index is 11.9. The molecule has 0 spiro atoms. The second kappa shape index (κ2) is 5.01. The Bertz CT molecular complexity index is 523. The number of anilines is 1. The first kappa shape index (κ1) is 12.3. The van der Waals surface area contributed by atoms with Crippen LogP contribution < -0.4 is 5.01 Å². The number of benzene rings is 1. The van der Waals surface area contributed by atoms with Gasteiger partial charge in [-0.1, -0.05) is 13.8 Å². The average Bonchev–Trinajstić information content (AvgIpc) is 2.69. The van der Waals surface area contributed by atoms with Crippen LogP contribution in [0.5, 0.6) is 0 Å². The van der Waals surface area contributed by atoms with E-state index in [4.69, 9.17) is 5.26 Å². The number of hydrogen-bond donors (Lipinski definition) is 0. The normalized spacial score (nSPS) is 14.9. The van der Waals surface area contributed by atoms with Crippen molar-refractivity contribution in [1.82, 2.24) is 0 Å². The third-order valence-electron chi connectivity index (χ3n) is 2.72. The van der Waals surface area contributed by atoms with Crippen LogP contribution in [-0.2, 0) is 4.79 Å². The standard InChI is InChI=1S/C14H15N3O/c1-10(2)7-12-8-14(18)17(16-12)13-5-3-11(9-15)4-6-13/h3-6,10H,7-8H2,1-2H3. The van der Waals surface area contributed by atoms with E-state index in [0.29, 0.717) is 17.9 Å². The van der Waals surface area contributed by atoms with Gasteiger partial charge in [0.25, 0.3) is 5.91 Å². The number of hydrazone groups is 1. The van der Waals surface area contributed by atoms with Crippen molar-refractivity contribution in [2.45, 2.75) is 26.7 Å². The van der Waals surface area contributed by atoms with Gasteiger partial charge in [0, 0.05) is 5.71 Å². The van der Waals surface area contributed by atoms with E-state index in [-0.39, 0.29) is 5.91 Å². The molecule has 18 heavy (non-hydrogen) atoms. The Kier molecular flexibility index (Phi) is 3.42. The summed E-state index contributed by atoms with van der Waals surface area (Å²) < 4.78 is 0. The third-order valence-corrected chi connectivity index (χ3v) is 2.72. The zero-order valence-electron chi connectivity index (χ0n) is 10.6. The molecule has 1 aromatic carbocycles. The second-order valence-corrected chi connectivity index (χ2v) is 4.81. The molecular formula is C14H15N3O. The van der Waals surface area contributed by atoms with E-state index in [1.54, 1.807) is 24.3 Å². The first-order valence-corrected chi connectivity index (χ1v) is 5.99. The topological polar surface area (TPSA) is 56.5 Å². The van der Waals surface area contributed by atoms with Crippen molar-refractivity contribution in [3.05, 3.63) is 29.8 Å². The van der Waals surface area contributed by atoms with E-state index >= 15 is 0 Å². The molecular weight excluding hydrogens is 226 g/mol. The molecule has 0 aliphatic carbocycles. The van der Waals surface area contributed by atoms with Crippen molar-refractivity contribution in [2.75, 3.05) is 5.01 Å². The lowest BCUT2D eigenvalue weighted by Gasteiger charge is -2.11. The van der Waals surface area contributed by atoms with E-state index in [9.17, 15) is 4.79 Å². The third kappa shape index (κ3) is 2.57. The average molecular weight is 241 g/mol. The van der Waals surface area contributed by atoms with Gasteiger partial charge in [0.05, 0.1) is 23.7 Å². The minimum atomic E-state index is -0.00430. The zero-order chi connectivity index (χ0) is 13.1. The maximum Gasteiger partial charge on any atom is 0.253 e. The smallest absolute Gasteiger partial charge is 0.253 e. The van der Waals surface area contributed by atoms with E-state index in [0.717, 1.165) is 17.8 Å². The first-order chi connectivity index (χ1) is 8.60. The Labute approximate surface area is 107 Å². The summed E-state index contributed by atoms with van der Waals surface area (Å²) >= 11 is 0. The van der Waals surface area contributed by atoms with Gasteiger partial charge in [-0.25, -0.2) is 5.01 Å². The molecule has 0 unspecified atom stereocenters. The van der Waals surface area contributed by atoms with Crippen LogP contribution in [0, 0.1) is 17.2 Å². The van der Waals surface area contributed by atoms with Crippen molar-refractivity contribution < 1.29 is 4.79 Å². The highest BCUT2D eigenvalue weighted by atomic mass is 16.2. The largest absolute Gasteiger partial charge is 0.272 e. The molecule has 1 heterocycles. The van der Waals surface area contributed by atoms with E-state index < -0.39 is 0 Å². The Hall–Kier alpha value is -2.15. The van der Waals surface area contributed by atoms with Gasteiger partial charge in [-0.05, 0) is 36.6 Å². The fourth-order valence-corrected chi connectivity index (χ4v) is 1.95. The molecule has 1 aromatic rings. The van der Waals surface area contributed by atoms with Crippen LogP contribution in [0.2, 0.25) is 0 Å². The highest BCUT2D eigenvalue weighted by Crippen LogP contribution is 2.22. The van der Waals surface area contributed by atoms with Crippen LogP contribution in [0.3, 0.4) is 0 Å². The van der Waals surface area contributed by atoms with Gasteiger partial charge in [0.15, 0.2) is 0 Å². The first-order valence-electron chi connectivity index (χ1n) is 5.99. The highest BCUT2D eigenvalue weighted by Gasteiger charge is 2.25. The molecule has 1 amide bonds. The molecule has 0 bridgehead atoms. The SMILES string of the molecule is CC(C)CC1=NN(c2ccc(C#N)cc2)C(=O)C1. The fourth-order valence-electron chi connectivity index (χ4n) is 1.95. The fraction of sp³-hybridized carbons (Fsp3) is 0.357. The number of rotatable bonds is 3. The molecule has 1 aliphatic heterocycles. The Morgan fingerprint density at radius 3 is 2.61 bits per heavy atom. The lowest BCUT2D eigenvalue weighted by molar-refractivity contribution is -0.116. The lowest BCUT2D eigenvalue weighted by Crippen LogP contribution is -2.19. The minimum absolute atomic E-state index is 0.00430. The molecule has 2 rings (SSSR count). The summed E-state index contributed by atoms with van der Waals surface area (Å²) in [7, 11) is 0. The summed E-state index contributed by atoms with van der Waals surface area (Å²) in [5, 5.41) is 14.5. The van der Waals surface area contributed by atoms with Crippen LogP contribution in [0.4, 0.5) is 5.69 Å². The lowest BCUT2D eigenvalue weighted by atomic mass is 10.1. The number of carbonyl (C=O) groups excluding carboxylic acids is 1. The monoisotopic (exact) mass is 241 g/mol. The van der Waals surface area contributed by atoms with Crippen molar-refractivity contribution in [3.8, 4) is 6.07 Å². The molecule has 0 fully saturated rings. The molecule has 0 saturated carbocycles. The summed E-state index contributed by atoms with van der Waals surface area (Å²) in [6.07, 6.45) is 1.25. The molecule has 1 aliphatic rings. The molecule has 0 N–H and O–H groups in total. The van der Waals surface area contributed by atoms with E-state index in [1.165, 1.54) is 5.01 Å². The van der Waals surface area contributed by atoms with Gasteiger partial charge in [-0.3, -0.25) is 4.79 Å². The predicted molar refractivity (Wildman–Crippen MR) is 70.2 cm³/mol. The Morgan fingerprint density at radius 2 is 2.06 bits per heavy atom. The number of nitriles is 1. The summed E-state index contributed by atoms with van der Waals surface area (Å²) in [6.45, 7) is 4.22. The van der Waals surface area contributed by atoms with Crippen LogP contribution in [0.15, 0.2) is 29.4 Å². The van der Waals surface area contributed by atoms with E-state index in [1.807, 2.05) is 0 Å².